The Morgan fingerprint density at radius 1 is 0.663 bits per heavy atom. The van der Waals surface area contributed by atoms with Crippen molar-refractivity contribution in [2.24, 2.45) is 17.8 Å². The molecule has 2 saturated carbocycles. The number of carbonyl (C=O) groups is 12. The molecule has 12 amide bonds. The van der Waals surface area contributed by atoms with E-state index in [0.717, 1.165) is 23.3 Å². The SMILES string of the molecule is CC[C@H](C)[C@@H]1NC(=O)[C@H](CC(C)C)N(C)C(=O)C[C@@H](C(=O)N(C)C)N(C)C(=O)[C@H](C2CCCC2)N(C)C(=O)C2(CCCC2)NC(=O)[C@@H]2CCCN2C(=O)[C@H](CCc2cc(F)c(C(F)F)c(F)c2)NC(=O)CN(C)C(=O)[C@H](Cc2ccc(C)cc2)N(CC)C(=O)[C@@H]2CCN2C(=O)[C@H](C)N(C)C1=O. The number of fused-ring (bicyclic) bond motifs is 2. The van der Waals surface area contributed by atoms with Gasteiger partial charge in [-0.15, -0.1) is 0 Å². The fourth-order valence-corrected chi connectivity index (χ4v) is 15.0. The van der Waals surface area contributed by atoms with Gasteiger partial charge in [-0.2, -0.15) is 0 Å². The predicted octanol–water partition coefficient (Wildman–Crippen LogP) is 5.15. The Hall–Kier alpha value is -8.20. The van der Waals surface area contributed by atoms with Gasteiger partial charge in [-0.1, -0.05) is 89.6 Å². The second kappa shape index (κ2) is 34.6. The van der Waals surface area contributed by atoms with Gasteiger partial charge in [0, 0.05) is 75.4 Å². The first-order valence-corrected chi connectivity index (χ1v) is 35.8. The Kier molecular flexibility index (Phi) is 27.5. The molecule has 0 radical (unpaired) electrons. The number of alkyl halides is 2. The summed E-state index contributed by atoms with van der Waals surface area (Å²) in [5, 5.41) is 8.61. The third kappa shape index (κ3) is 18.4. The van der Waals surface area contributed by atoms with Crippen LogP contribution < -0.4 is 16.0 Å². The van der Waals surface area contributed by atoms with Gasteiger partial charge < -0.3 is 60.0 Å². The summed E-state index contributed by atoms with van der Waals surface area (Å²) >= 11 is 0. The van der Waals surface area contributed by atoms with Crippen LogP contribution in [-0.2, 0) is 70.4 Å². The van der Waals surface area contributed by atoms with Gasteiger partial charge in [0.05, 0.1) is 18.5 Å². The van der Waals surface area contributed by atoms with Gasteiger partial charge in [0.1, 0.15) is 71.5 Å². The summed E-state index contributed by atoms with van der Waals surface area (Å²) in [5.74, 6) is -12.5. The molecule has 3 N–H and O–H groups in total. The highest BCUT2D eigenvalue weighted by atomic mass is 19.3. The molecule has 5 fully saturated rings. The molecule has 28 heteroatoms. The summed E-state index contributed by atoms with van der Waals surface area (Å²) in [6, 6.07) is -2.92. The van der Waals surface area contributed by atoms with Crippen LogP contribution in [0.3, 0.4) is 0 Å². The van der Waals surface area contributed by atoms with E-state index >= 15 is 37.5 Å². The molecule has 0 bridgehead atoms. The first kappa shape index (κ1) is 80.1. The summed E-state index contributed by atoms with van der Waals surface area (Å²) in [6.07, 6.45) is -0.172. The monoisotopic (exact) mass is 1420 g/mol. The first-order chi connectivity index (χ1) is 47.6. The van der Waals surface area contributed by atoms with Gasteiger partial charge in [-0.3, -0.25) is 57.5 Å². The topological polar surface area (TPSA) is 270 Å². The molecule has 3 saturated heterocycles. The Morgan fingerprint density at radius 3 is 1.83 bits per heavy atom. The number of likely N-dealkylation sites (N-methyl/N-ethyl adjacent to an activating group) is 7. The van der Waals surface area contributed by atoms with Crippen molar-refractivity contribution >= 4 is 70.9 Å². The maximum absolute atomic E-state index is 15.6. The number of carbonyl (C=O) groups excluding carboxylic acids is 12. The molecular weight excluding hydrogens is 1310 g/mol. The zero-order valence-electron chi connectivity index (χ0n) is 61.3. The second-order valence-corrected chi connectivity index (χ2v) is 29.2. The van der Waals surface area contributed by atoms with Crippen LogP contribution >= 0.6 is 0 Å². The molecule has 0 aromatic heterocycles. The van der Waals surface area contributed by atoms with Crippen LogP contribution in [-0.4, -0.2) is 250 Å². The lowest BCUT2D eigenvalue weighted by Crippen LogP contribution is -2.65. The molecule has 5 aliphatic rings. The summed E-state index contributed by atoms with van der Waals surface area (Å²) < 4.78 is 57.7. The molecule has 101 heavy (non-hydrogen) atoms. The van der Waals surface area contributed by atoms with E-state index in [1.807, 2.05) is 39.8 Å². The lowest BCUT2D eigenvalue weighted by atomic mass is 9.90. The van der Waals surface area contributed by atoms with E-state index in [0.29, 0.717) is 49.8 Å². The highest BCUT2D eigenvalue weighted by Crippen LogP contribution is 2.38. The fraction of sp³-hybridized carbons (Fsp3) is 0.671. The van der Waals surface area contributed by atoms with Crippen molar-refractivity contribution in [2.75, 3.05) is 75.5 Å². The van der Waals surface area contributed by atoms with Gasteiger partial charge >= 0.3 is 0 Å². The number of aryl methyl sites for hydroxylation is 2. The molecule has 10 atom stereocenters. The Balaban J connectivity index is 1.31. The lowest BCUT2D eigenvalue weighted by molar-refractivity contribution is -0.161. The predicted molar refractivity (Wildman–Crippen MR) is 367 cm³/mol. The third-order valence-electron chi connectivity index (χ3n) is 21.6. The average Bonchev–Trinajstić information content (AvgIpc) is 1.59. The molecule has 2 aliphatic carbocycles. The van der Waals surface area contributed by atoms with E-state index in [-0.39, 0.29) is 82.5 Å². The highest BCUT2D eigenvalue weighted by Gasteiger charge is 2.52. The zero-order valence-corrected chi connectivity index (χ0v) is 61.3. The van der Waals surface area contributed by atoms with Gasteiger partial charge in [-0.25, -0.2) is 17.6 Å². The number of hydrogen-bond acceptors (Lipinski definition) is 12. The fourth-order valence-electron chi connectivity index (χ4n) is 15.0. The van der Waals surface area contributed by atoms with Crippen LogP contribution in [0.2, 0.25) is 0 Å². The van der Waals surface area contributed by atoms with Crippen molar-refractivity contribution < 1.29 is 75.1 Å². The Morgan fingerprint density at radius 2 is 1.28 bits per heavy atom. The summed E-state index contributed by atoms with van der Waals surface area (Å²) in [7, 11) is 9.93. The normalized spacial score (nSPS) is 26.4. The molecule has 24 nitrogen and oxygen atoms in total. The van der Waals surface area contributed by atoms with Crippen LogP contribution in [0.15, 0.2) is 36.4 Å². The molecule has 1 spiro atoms. The van der Waals surface area contributed by atoms with Crippen LogP contribution in [0, 0.1) is 36.3 Å². The van der Waals surface area contributed by atoms with Crippen molar-refractivity contribution in [3.05, 3.63) is 70.3 Å². The molecule has 3 aliphatic heterocycles. The number of rotatable bonds is 13. The van der Waals surface area contributed by atoms with E-state index < -0.39 is 186 Å². The second-order valence-electron chi connectivity index (χ2n) is 29.2. The molecule has 2 aromatic carbocycles. The Bertz CT molecular complexity index is 3360. The minimum Gasteiger partial charge on any atom is -0.347 e. The third-order valence-corrected chi connectivity index (χ3v) is 21.6. The average molecular weight is 1420 g/mol. The Labute approximate surface area is 591 Å². The van der Waals surface area contributed by atoms with Crippen molar-refractivity contribution in [3.63, 3.8) is 0 Å². The number of nitrogens with one attached hydrogen (secondary N) is 3. The highest BCUT2D eigenvalue weighted by molar-refractivity contribution is 6.01. The van der Waals surface area contributed by atoms with Crippen molar-refractivity contribution in [2.45, 2.75) is 224 Å². The number of benzene rings is 2. The van der Waals surface area contributed by atoms with Crippen LogP contribution in [0.25, 0.3) is 0 Å². The van der Waals surface area contributed by atoms with Crippen molar-refractivity contribution in [1.82, 2.24) is 60.0 Å². The van der Waals surface area contributed by atoms with E-state index in [9.17, 15) is 37.5 Å². The number of hydrogen-bond donors (Lipinski definition) is 3. The number of nitrogens with zero attached hydrogens (tertiary/aromatic N) is 9. The van der Waals surface area contributed by atoms with E-state index in [4.69, 9.17) is 0 Å². The molecule has 558 valence electrons. The molecule has 7 rings (SSSR count). The van der Waals surface area contributed by atoms with Gasteiger partial charge in [-0.05, 0) is 126 Å². The first-order valence-electron chi connectivity index (χ1n) is 35.8. The van der Waals surface area contributed by atoms with Crippen molar-refractivity contribution in [1.29, 1.82) is 0 Å². The maximum Gasteiger partial charge on any atom is 0.269 e. The molecule has 0 unspecified atom stereocenters. The van der Waals surface area contributed by atoms with E-state index in [2.05, 4.69) is 16.0 Å². The van der Waals surface area contributed by atoms with Crippen molar-refractivity contribution in [3.8, 4) is 0 Å². The molecule has 3 heterocycles. The van der Waals surface area contributed by atoms with Gasteiger partial charge in [0.15, 0.2) is 0 Å². The largest absolute Gasteiger partial charge is 0.347 e. The minimum atomic E-state index is -3.49. The maximum atomic E-state index is 15.6. The van der Waals surface area contributed by atoms with Gasteiger partial charge in [0.25, 0.3) is 6.43 Å². The van der Waals surface area contributed by atoms with Crippen LogP contribution in [0.1, 0.15) is 167 Å². The van der Waals surface area contributed by atoms with Crippen LogP contribution in [0.4, 0.5) is 17.6 Å². The number of amides is 12. The molecule has 2 aromatic rings. The number of halogens is 4. The van der Waals surface area contributed by atoms with E-state index in [1.54, 1.807) is 26.0 Å². The lowest BCUT2D eigenvalue weighted by Gasteiger charge is -2.45. The van der Waals surface area contributed by atoms with E-state index in [1.165, 1.54) is 95.5 Å². The summed E-state index contributed by atoms with van der Waals surface area (Å²) in [4.78, 5) is 191. The minimum absolute atomic E-state index is 0.0335. The van der Waals surface area contributed by atoms with Crippen LogP contribution in [0.5, 0.6) is 0 Å². The smallest absolute Gasteiger partial charge is 0.269 e. The zero-order chi connectivity index (χ0) is 74.8. The summed E-state index contributed by atoms with van der Waals surface area (Å²) in [6.45, 7) is 11.6. The quantitative estimate of drug-likeness (QED) is 0.220. The standard InChI is InChI=1S/C73H106F4N12O12/c1-15-44(6)60-70(99)83(11)45(7)65(94)89-35-31-53(89)69(98)87(16-2)56(39-46-27-25-43(5)26-28-46)68(97)82(10)41-57(90)78-51(30-29-47-37-49(74)59(62(76)77)50(75)38-47)66(95)88-34-21-24-52(88)64(93)80-73(32-19-20-33-73)72(101)86(14)61(48-22-17-18-23-48)71(100)85(13)55(67(96)81(8)9)40-58(91)84(12)54(36-42(3)4)63(92)79-60/h25-28,37-38,42,44-45,48,51-56,60-62H,15-24,29-36,39-41H2,1-14H3,(H,78,90)(H,79,92)(H,80,93)/t44-,45-,51-,52-,53-,54-,55-,56-,60-,61-/m0/s1. The molecular formula is C73H106F4N12O12. The van der Waals surface area contributed by atoms with Gasteiger partial charge in [0.2, 0.25) is 70.9 Å². The summed E-state index contributed by atoms with van der Waals surface area (Å²) in [5.41, 5.74) is -1.66.